The van der Waals surface area contributed by atoms with Gasteiger partial charge in [-0.05, 0) is 69.2 Å². The number of terminal acetylenes is 1. The second kappa shape index (κ2) is 11.5. The minimum absolute atomic E-state index is 0.135. The van der Waals surface area contributed by atoms with Crippen molar-refractivity contribution in [1.82, 2.24) is 4.90 Å². The number of benzene rings is 2. The van der Waals surface area contributed by atoms with E-state index in [1.54, 1.807) is 32.9 Å². The first-order valence-corrected chi connectivity index (χ1v) is 11.6. The summed E-state index contributed by atoms with van der Waals surface area (Å²) in [5.41, 5.74) is 0.506. The van der Waals surface area contributed by atoms with Gasteiger partial charge in [-0.1, -0.05) is 18.1 Å². The van der Waals surface area contributed by atoms with Crippen molar-refractivity contribution in [2.24, 2.45) is 5.92 Å². The number of ether oxygens (including phenoxy) is 3. The van der Waals surface area contributed by atoms with Gasteiger partial charge in [0.05, 0.1) is 5.92 Å². The van der Waals surface area contributed by atoms with Crippen LogP contribution in [-0.2, 0) is 9.53 Å². The Bertz CT molecular complexity index is 1120. The number of rotatable bonds is 6. The lowest BCUT2D eigenvalue weighted by atomic mass is 9.84. The molecular weight excluding hydrogens is 489 g/mol. The molecule has 0 bridgehead atoms. The van der Waals surface area contributed by atoms with Crippen LogP contribution in [0.2, 0.25) is 0 Å². The van der Waals surface area contributed by atoms with Gasteiger partial charge in [0.1, 0.15) is 23.7 Å². The normalized spacial score (nSPS) is 17.9. The summed E-state index contributed by atoms with van der Waals surface area (Å²) in [6.45, 7) is 5.91. The minimum Gasteiger partial charge on any atom is -0.481 e. The Morgan fingerprint density at radius 3 is 2.22 bits per heavy atom. The van der Waals surface area contributed by atoms with Crippen molar-refractivity contribution >= 4 is 17.7 Å². The number of amides is 2. The van der Waals surface area contributed by atoms with E-state index in [9.17, 15) is 22.8 Å². The average Bonchev–Trinajstić information content (AvgIpc) is 2.82. The number of piperidine rings is 1. The van der Waals surface area contributed by atoms with Crippen LogP contribution in [0.4, 0.5) is 23.7 Å². The van der Waals surface area contributed by atoms with Crippen LogP contribution in [0.15, 0.2) is 48.5 Å². The molecule has 2 amide bonds. The van der Waals surface area contributed by atoms with Gasteiger partial charge < -0.3 is 24.4 Å². The van der Waals surface area contributed by atoms with Gasteiger partial charge >= 0.3 is 12.5 Å². The third-order valence-electron chi connectivity index (χ3n) is 5.50. The van der Waals surface area contributed by atoms with E-state index in [2.05, 4.69) is 16.0 Å². The quantitative estimate of drug-likeness (QED) is 0.506. The Labute approximate surface area is 213 Å². The first-order valence-electron chi connectivity index (χ1n) is 11.6. The van der Waals surface area contributed by atoms with Crippen molar-refractivity contribution < 1.29 is 37.0 Å². The van der Waals surface area contributed by atoms with Gasteiger partial charge in [-0.25, -0.2) is 4.79 Å². The molecule has 0 unspecified atom stereocenters. The molecule has 0 aliphatic carbocycles. The molecule has 0 radical (unpaired) electrons. The standard InChI is InChI=1S/C27H29F3N2O5/c1-5-14-35-22-10-6-18(7-11-22)19-15-20(17-32(16-19)25(34)37-26(2,3)4)24(33)31-21-8-12-23(13-9-21)36-27(28,29)30/h1,6-13,19-20H,14-17H2,2-4H3,(H,31,33)/t19-,20-/m0/s1. The van der Waals surface area contributed by atoms with E-state index < -0.39 is 29.7 Å². The second-order valence-corrected chi connectivity index (χ2v) is 9.64. The number of nitrogens with zero attached hydrogens (tertiary/aromatic N) is 1. The van der Waals surface area contributed by atoms with E-state index in [1.165, 1.54) is 17.0 Å². The smallest absolute Gasteiger partial charge is 0.481 e. The summed E-state index contributed by atoms with van der Waals surface area (Å²) < 4.78 is 52.0. The Morgan fingerprint density at radius 2 is 1.65 bits per heavy atom. The monoisotopic (exact) mass is 518 g/mol. The van der Waals surface area contributed by atoms with Crippen molar-refractivity contribution in [3.63, 3.8) is 0 Å². The molecule has 198 valence electrons. The van der Waals surface area contributed by atoms with Crippen LogP contribution >= 0.6 is 0 Å². The van der Waals surface area contributed by atoms with E-state index >= 15 is 0 Å². The summed E-state index contributed by atoms with van der Waals surface area (Å²) in [7, 11) is 0. The maximum atomic E-state index is 13.1. The number of alkyl halides is 3. The average molecular weight is 519 g/mol. The molecule has 0 saturated carbocycles. The van der Waals surface area contributed by atoms with Crippen LogP contribution in [0.1, 0.15) is 38.7 Å². The van der Waals surface area contributed by atoms with Crippen LogP contribution in [0, 0.1) is 18.3 Å². The number of anilines is 1. The molecule has 3 rings (SSSR count). The maximum Gasteiger partial charge on any atom is 0.573 e. The number of likely N-dealkylation sites (tertiary alicyclic amines) is 1. The second-order valence-electron chi connectivity index (χ2n) is 9.64. The van der Waals surface area contributed by atoms with Crippen molar-refractivity contribution in [2.75, 3.05) is 25.0 Å². The van der Waals surface area contributed by atoms with Crippen molar-refractivity contribution in [1.29, 1.82) is 0 Å². The molecule has 2 aromatic rings. The lowest BCUT2D eigenvalue weighted by molar-refractivity contribution is -0.274. The summed E-state index contributed by atoms with van der Waals surface area (Å²) in [4.78, 5) is 27.5. The third-order valence-corrected chi connectivity index (χ3v) is 5.50. The molecule has 7 nitrogen and oxygen atoms in total. The topological polar surface area (TPSA) is 77.1 Å². The zero-order chi connectivity index (χ0) is 27.2. The number of nitrogens with one attached hydrogen (secondary N) is 1. The van der Waals surface area contributed by atoms with E-state index in [0.717, 1.165) is 17.7 Å². The molecule has 37 heavy (non-hydrogen) atoms. The molecule has 2 aromatic carbocycles. The van der Waals surface area contributed by atoms with Crippen LogP contribution in [0.25, 0.3) is 0 Å². The highest BCUT2D eigenvalue weighted by Gasteiger charge is 2.36. The molecule has 1 aliphatic heterocycles. The highest BCUT2D eigenvalue weighted by atomic mass is 19.4. The van der Waals surface area contributed by atoms with Gasteiger partial charge in [0.2, 0.25) is 5.91 Å². The first-order chi connectivity index (χ1) is 17.3. The Balaban J connectivity index is 1.76. The van der Waals surface area contributed by atoms with Gasteiger partial charge in [-0.2, -0.15) is 0 Å². The van der Waals surface area contributed by atoms with Gasteiger partial charge in [0.15, 0.2) is 0 Å². The molecule has 1 aliphatic rings. The van der Waals surface area contributed by atoms with Crippen LogP contribution in [0.3, 0.4) is 0 Å². The fourth-order valence-corrected chi connectivity index (χ4v) is 3.95. The summed E-state index contributed by atoms with van der Waals surface area (Å²) in [5, 5.41) is 2.72. The fourth-order valence-electron chi connectivity index (χ4n) is 3.95. The Kier molecular flexibility index (Phi) is 8.58. The van der Waals surface area contributed by atoms with Crippen LogP contribution < -0.4 is 14.8 Å². The number of carbonyl (C=O) groups is 2. The molecule has 1 saturated heterocycles. The summed E-state index contributed by atoms with van der Waals surface area (Å²) >= 11 is 0. The summed E-state index contributed by atoms with van der Waals surface area (Å²) in [6, 6.07) is 12.2. The maximum absolute atomic E-state index is 13.1. The molecule has 0 spiro atoms. The van der Waals surface area contributed by atoms with Crippen molar-refractivity contribution in [3.05, 3.63) is 54.1 Å². The predicted molar refractivity (Wildman–Crippen MR) is 131 cm³/mol. The minimum atomic E-state index is -4.81. The van der Waals surface area contributed by atoms with Crippen LogP contribution in [0.5, 0.6) is 11.5 Å². The molecule has 1 heterocycles. The predicted octanol–water partition coefficient (Wildman–Crippen LogP) is 5.58. The lowest BCUT2D eigenvalue weighted by Gasteiger charge is -2.38. The first kappa shape index (κ1) is 27.7. The van der Waals surface area contributed by atoms with Crippen LogP contribution in [-0.4, -0.2) is 48.6 Å². The van der Waals surface area contributed by atoms with Gasteiger partial charge in [0, 0.05) is 24.7 Å². The molecule has 1 fully saturated rings. The molecule has 10 heteroatoms. The number of halogens is 3. The summed E-state index contributed by atoms with van der Waals surface area (Å²) in [5.74, 6) is 1.49. The molecule has 0 aromatic heterocycles. The van der Waals surface area contributed by atoms with Crippen molar-refractivity contribution in [2.45, 2.75) is 45.1 Å². The van der Waals surface area contributed by atoms with Gasteiger partial charge in [-0.15, -0.1) is 19.6 Å². The molecule has 1 N–H and O–H groups in total. The largest absolute Gasteiger partial charge is 0.573 e. The Morgan fingerprint density at radius 1 is 1.03 bits per heavy atom. The highest BCUT2D eigenvalue weighted by Crippen LogP contribution is 2.33. The SMILES string of the molecule is C#CCOc1ccc([C@H]2C[C@H](C(=O)Nc3ccc(OC(F)(F)F)cc3)CN(C(=O)OC(C)(C)C)C2)cc1. The third kappa shape index (κ3) is 8.63. The summed E-state index contributed by atoms with van der Waals surface area (Å²) in [6.07, 6.45) is 0.340. The molecular formula is C27H29F3N2O5. The van der Waals surface area contributed by atoms with Gasteiger partial charge in [-0.3, -0.25) is 4.79 Å². The molecule has 2 atom stereocenters. The van der Waals surface area contributed by atoms with Gasteiger partial charge in [0.25, 0.3) is 0 Å². The number of carbonyl (C=O) groups excluding carboxylic acids is 2. The fraction of sp³-hybridized carbons (Fsp3) is 0.407. The Hall–Kier alpha value is -3.87. The van der Waals surface area contributed by atoms with E-state index in [0.29, 0.717) is 24.4 Å². The zero-order valence-electron chi connectivity index (χ0n) is 20.8. The van der Waals surface area contributed by atoms with E-state index in [-0.39, 0.29) is 25.0 Å². The van der Waals surface area contributed by atoms with E-state index in [1.807, 2.05) is 12.1 Å². The lowest BCUT2D eigenvalue weighted by Crippen LogP contribution is -2.48. The van der Waals surface area contributed by atoms with E-state index in [4.69, 9.17) is 15.9 Å². The number of hydrogen-bond donors (Lipinski definition) is 1. The number of hydrogen-bond acceptors (Lipinski definition) is 5. The van der Waals surface area contributed by atoms with Crippen molar-refractivity contribution in [3.8, 4) is 23.8 Å². The highest BCUT2D eigenvalue weighted by molar-refractivity contribution is 5.93. The zero-order valence-corrected chi connectivity index (χ0v) is 20.8.